The van der Waals surface area contributed by atoms with Crippen LogP contribution in [0.5, 0.6) is 11.6 Å². The minimum Gasteiger partial charge on any atom is -0.480 e. The SMILES string of the molecule is COc1c(OCc2ccccc2)c(=O)c(C)c(C)n1C.Cl. The first kappa shape index (κ1) is 17.1. The number of pyridine rings is 1. The van der Waals surface area contributed by atoms with Crippen LogP contribution >= 0.6 is 12.4 Å². The van der Waals surface area contributed by atoms with E-state index in [9.17, 15) is 4.79 Å². The molecule has 0 atom stereocenters. The molecule has 114 valence electrons. The summed E-state index contributed by atoms with van der Waals surface area (Å²) in [5, 5.41) is 0. The summed E-state index contributed by atoms with van der Waals surface area (Å²) in [6.07, 6.45) is 0. The third-order valence-corrected chi connectivity index (χ3v) is 3.51. The molecule has 1 heterocycles. The van der Waals surface area contributed by atoms with Crippen LogP contribution < -0.4 is 14.9 Å². The molecule has 1 aromatic heterocycles. The quantitative estimate of drug-likeness (QED) is 0.871. The van der Waals surface area contributed by atoms with Gasteiger partial charge in [-0.25, -0.2) is 0 Å². The van der Waals surface area contributed by atoms with Gasteiger partial charge in [0.2, 0.25) is 17.1 Å². The maximum Gasteiger partial charge on any atom is 0.241 e. The van der Waals surface area contributed by atoms with E-state index in [0.717, 1.165) is 11.3 Å². The highest BCUT2D eigenvalue weighted by Crippen LogP contribution is 2.25. The molecule has 0 spiro atoms. The van der Waals surface area contributed by atoms with E-state index in [1.807, 2.05) is 48.9 Å². The van der Waals surface area contributed by atoms with Crippen LogP contribution in [-0.2, 0) is 13.7 Å². The van der Waals surface area contributed by atoms with Crippen molar-refractivity contribution < 1.29 is 9.47 Å². The van der Waals surface area contributed by atoms with Gasteiger partial charge in [-0.1, -0.05) is 30.3 Å². The summed E-state index contributed by atoms with van der Waals surface area (Å²) in [5.74, 6) is 0.719. The molecule has 2 rings (SSSR count). The number of methoxy groups -OCH3 is 1. The molecule has 0 amide bonds. The lowest BCUT2D eigenvalue weighted by molar-refractivity contribution is 0.269. The zero-order valence-corrected chi connectivity index (χ0v) is 13.5. The van der Waals surface area contributed by atoms with Crippen molar-refractivity contribution in [2.75, 3.05) is 7.11 Å². The van der Waals surface area contributed by atoms with E-state index >= 15 is 0 Å². The second-order valence-corrected chi connectivity index (χ2v) is 4.71. The molecule has 0 fully saturated rings. The molecular formula is C16H20ClNO3. The Bertz CT molecular complexity index is 665. The standard InChI is InChI=1S/C16H19NO3.ClH/c1-11-12(2)17(3)16(19-4)15(14(11)18)20-10-13-8-6-5-7-9-13;/h5-9H,10H2,1-4H3;1H. The first-order valence-corrected chi connectivity index (χ1v) is 6.47. The van der Waals surface area contributed by atoms with Gasteiger partial charge in [-0.15, -0.1) is 12.4 Å². The fraction of sp³-hybridized carbons (Fsp3) is 0.312. The van der Waals surface area contributed by atoms with Crippen molar-refractivity contribution in [2.45, 2.75) is 20.5 Å². The van der Waals surface area contributed by atoms with Gasteiger partial charge in [0.15, 0.2) is 0 Å². The van der Waals surface area contributed by atoms with Crippen molar-refractivity contribution in [3.05, 3.63) is 57.4 Å². The van der Waals surface area contributed by atoms with Crippen LogP contribution in [0.25, 0.3) is 0 Å². The second-order valence-electron chi connectivity index (χ2n) is 4.71. The molecule has 0 N–H and O–H groups in total. The molecule has 0 aliphatic carbocycles. The molecule has 2 aromatic rings. The summed E-state index contributed by atoms with van der Waals surface area (Å²) in [5.41, 5.74) is 2.44. The van der Waals surface area contributed by atoms with Crippen LogP contribution in [0.15, 0.2) is 35.1 Å². The average Bonchev–Trinajstić information content (AvgIpc) is 2.48. The first-order chi connectivity index (χ1) is 9.56. The van der Waals surface area contributed by atoms with Crippen LogP contribution in [0.4, 0.5) is 0 Å². The Labute approximate surface area is 130 Å². The Balaban J connectivity index is 0.00000220. The summed E-state index contributed by atoms with van der Waals surface area (Å²) >= 11 is 0. The lowest BCUT2D eigenvalue weighted by Crippen LogP contribution is -2.19. The van der Waals surface area contributed by atoms with Gasteiger partial charge >= 0.3 is 0 Å². The summed E-state index contributed by atoms with van der Waals surface area (Å²) in [7, 11) is 3.40. The third-order valence-electron chi connectivity index (χ3n) is 3.51. The Hall–Kier alpha value is -1.94. The van der Waals surface area contributed by atoms with Crippen molar-refractivity contribution in [3.8, 4) is 11.6 Å². The Kier molecular flexibility index (Phi) is 5.85. The van der Waals surface area contributed by atoms with Gasteiger partial charge in [-0.2, -0.15) is 0 Å². The number of benzene rings is 1. The maximum absolute atomic E-state index is 12.3. The van der Waals surface area contributed by atoms with Crippen molar-refractivity contribution >= 4 is 12.4 Å². The van der Waals surface area contributed by atoms with Crippen molar-refractivity contribution in [1.82, 2.24) is 4.57 Å². The van der Waals surface area contributed by atoms with E-state index in [1.165, 1.54) is 0 Å². The number of hydrogen-bond donors (Lipinski definition) is 0. The molecule has 5 heteroatoms. The molecule has 0 unspecified atom stereocenters. The topological polar surface area (TPSA) is 40.5 Å². The van der Waals surface area contributed by atoms with E-state index in [2.05, 4.69) is 0 Å². The van der Waals surface area contributed by atoms with Gasteiger partial charge in [0.05, 0.1) is 7.11 Å². The van der Waals surface area contributed by atoms with Gasteiger partial charge in [0, 0.05) is 18.3 Å². The average molecular weight is 310 g/mol. The highest BCUT2D eigenvalue weighted by atomic mass is 35.5. The van der Waals surface area contributed by atoms with Gasteiger partial charge in [-0.05, 0) is 19.4 Å². The first-order valence-electron chi connectivity index (χ1n) is 6.47. The molecule has 0 radical (unpaired) electrons. The lowest BCUT2D eigenvalue weighted by Gasteiger charge is -2.17. The summed E-state index contributed by atoms with van der Waals surface area (Å²) in [6, 6.07) is 9.73. The number of hydrogen-bond acceptors (Lipinski definition) is 3. The van der Waals surface area contributed by atoms with Gasteiger partial charge < -0.3 is 14.0 Å². The molecule has 0 aliphatic heterocycles. The fourth-order valence-corrected chi connectivity index (χ4v) is 2.07. The molecule has 0 bridgehead atoms. The van der Waals surface area contributed by atoms with E-state index in [1.54, 1.807) is 14.0 Å². The predicted molar refractivity (Wildman–Crippen MR) is 85.7 cm³/mol. The molecule has 0 saturated heterocycles. The zero-order valence-electron chi connectivity index (χ0n) is 12.7. The van der Waals surface area contributed by atoms with Crippen LogP contribution in [0.1, 0.15) is 16.8 Å². The third kappa shape index (κ3) is 3.39. The van der Waals surface area contributed by atoms with E-state index < -0.39 is 0 Å². The molecule has 4 nitrogen and oxygen atoms in total. The van der Waals surface area contributed by atoms with Crippen LogP contribution in [-0.4, -0.2) is 11.7 Å². The zero-order chi connectivity index (χ0) is 14.7. The Morgan fingerprint density at radius 1 is 1.14 bits per heavy atom. The van der Waals surface area contributed by atoms with Crippen molar-refractivity contribution in [2.24, 2.45) is 7.05 Å². The van der Waals surface area contributed by atoms with E-state index in [-0.39, 0.29) is 23.6 Å². The van der Waals surface area contributed by atoms with Crippen molar-refractivity contribution in [1.29, 1.82) is 0 Å². The van der Waals surface area contributed by atoms with Crippen LogP contribution in [0, 0.1) is 13.8 Å². The molecule has 1 aromatic carbocycles. The Morgan fingerprint density at radius 3 is 2.33 bits per heavy atom. The van der Waals surface area contributed by atoms with Gasteiger partial charge in [-0.3, -0.25) is 4.79 Å². The number of nitrogens with zero attached hydrogens (tertiary/aromatic N) is 1. The van der Waals surface area contributed by atoms with Gasteiger partial charge in [0.1, 0.15) is 6.61 Å². The molecule has 0 saturated carbocycles. The minimum atomic E-state index is -0.117. The molecule has 21 heavy (non-hydrogen) atoms. The maximum atomic E-state index is 12.3. The van der Waals surface area contributed by atoms with Crippen LogP contribution in [0.2, 0.25) is 0 Å². The predicted octanol–water partition coefficient (Wildman–Crippen LogP) is 3.01. The number of ether oxygens (including phenoxy) is 2. The number of halogens is 1. The normalized spacial score (nSPS) is 9.90. The summed E-state index contributed by atoms with van der Waals surface area (Å²) < 4.78 is 12.9. The fourth-order valence-electron chi connectivity index (χ4n) is 2.07. The van der Waals surface area contributed by atoms with Crippen molar-refractivity contribution in [3.63, 3.8) is 0 Å². The second kappa shape index (κ2) is 7.18. The van der Waals surface area contributed by atoms with E-state index in [0.29, 0.717) is 18.1 Å². The largest absolute Gasteiger partial charge is 0.480 e. The van der Waals surface area contributed by atoms with Crippen LogP contribution in [0.3, 0.4) is 0 Å². The highest BCUT2D eigenvalue weighted by molar-refractivity contribution is 5.85. The lowest BCUT2D eigenvalue weighted by atomic mass is 10.2. The Morgan fingerprint density at radius 2 is 1.76 bits per heavy atom. The van der Waals surface area contributed by atoms with E-state index in [4.69, 9.17) is 9.47 Å². The highest BCUT2D eigenvalue weighted by Gasteiger charge is 2.17. The minimum absolute atomic E-state index is 0. The molecule has 0 aliphatic rings. The summed E-state index contributed by atoms with van der Waals surface area (Å²) in [4.78, 5) is 12.3. The summed E-state index contributed by atoms with van der Waals surface area (Å²) in [6.45, 7) is 4.03. The van der Waals surface area contributed by atoms with Gasteiger partial charge in [0.25, 0.3) is 0 Å². The number of rotatable bonds is 4. The molecular weight excluding hydrogens is 290 g/mol. The smallest absolute Gasteiger partial charge is 0.241 e. The monoisotopic (exact) mass is 309 g/mol. The number of aromatic nitrogens is 1.